The summed E-state index contributed by atoms with van der Waals surface area (Å²) in [4.78, 5) is 35.7. The van der Waals surface area contributed by atoms with Crippen molar-refractivity contribution in [2.75, 3.05) is 13.2 Å². The van der Waals surface area contributed by atoms with Crippen molar-refractivity contribution in [1.29, 1.82) is 0 Å². The van der Waals surface area contributed by atoms with E-state index < -0.39 is 75.7 Å². The van der Waals surface area contributed by atoms with Gasteiger partial charge >= 0.3 is 19.8 Å². The molecule has 6 N–H and O–H groups in total. The molecule has 1 saturated carbocycles. The summed E-state index contributed by atoms with van der Waals surface area (Å²) in [5.74, 6) is -1.24. The van der Waals surface area contributed by atoms with Gasteiger partial charge in [-0.05, 0) is 89.9 Å². The van der Waals surface area contributed by atoms with Crippen LogP contribution in [-0.4, -0.2) is 98.3 Å². The molecule has 1 fully saturated rings. The van der Waals surface area contributed by atoms with E-state index in [2.05, 4.69) is 86.8 Å². The lowest BCUT2D eigenvalue weighted by molar-refractivity contribution is -0.220. The van der Waals surface area contributed by atoms with E-state index in [9.17, 15) is 44.6 Å². The average Bonchev–Trinajstić information content (AvgIpc) is 3.26. The van der Waals surface area contributed by atoms with Gasteiger partial charge in [0.1, 0.15) is 43.2 Å². The van der Waals surface area contributed by atoms with Crippen LogP contribution in [0.2, 0.25) is 0 Å². The van der Waals surface area contributed by atoms with Gasteiger partial charge in [-0.1, -0.05) is 137 Å². The topological polar surface area (TPSA) is 210 Å². The minimum atomic E-state index is -5.15. The van der Waals surface area contributed by atoms with Gasteiger partial charge in [-0.15, -0.1) is 0 Å². The highest BCUT2D eigenvalue weighted by Gasteiger charge is 2.51. The van der Waals surface area contributed by atoms with Gasteiger partial charge < -0.3 is 39.9 Å². The quantitative estimate of drug-likeness (QED) is 0.0150. The molecule has 0 amide bonds. The van der Waals surface area contributed by atoms with Crippen LogP contribution in [0.15, 0.2) is 97.2 Å². The van der Waals surface area contributed by atoms with Crippen LogP contribution in [0, 0.1) is 0 Å². The van der Waals surface area contributed by atoms with E-state index in [1.54, 1.807) is 0 Å². The largest absolute Gasteiger partial charge is 0.472 e. The molecule has 0 saturated heterocycles. The van der Waals surface area contributed by atoms with Crippen molar-refractivity contribution < 1.29 is 63.1 Å². The number of carbonyl (C=O) groups is 2. The molecule has 0 radical (unpaired) electrons. The second-order valence-corrected chi connectivity index (χ2v) is 16.9. The molecule has 1 aliphatic carbocycles. The molecular formula is C49H79O13P. The lowest BCUT2D eigenvalue weighted by Gasteiger charge is -2.41. The maximum Gasteiger partial charge on any atom is 0.472 e. The van der Waals surface area contributed by atoms with Gasteiger partial charge in [-0.2, -0.15) is 0 Å². The number of carbonyl (C=O) groups excluding carboxylic acids is 2. The van der Waals surface area contributed by atoms with Crippen molar-refractivity contribution in [1.82, 2.24) is 0 Å². The summed E-state index contributed by atoms with van der Waals surface area (Å²) in [6, 6.07) is 0. The lowest BCUT2D eigenvalue weighted by atomic mass is 9.85. The van der Waals surface area contributed by atoms with Crippen molar-refractivity contribution in [3.63, 3.8) is 0 Å². The Morgan fingerprint density at radius 1 is 0.492 bits per heavy atom. The molecule has 1 aliphatic rings. The Labute approximate surface area is 377 Å². The van der Waals surface area contributed by atoms with Crippen LogP contribution in [0.4, 0.5) is 0 Å². The molecule has 63 heavy (non-hydrogen) atoms. The minimum absolute atomic E-state index is 0.00337. The molecule has 0 spiro atoms. The van der Waals surface area contributed by atoms with Gasteiger partial charge in [0.2, 0.25) is 0 Å². The van der Waals surface area contributed by atoms with Gasteiger partial charge in [0, 0.05) is 12.8 Å². The molecule has 1 rings (SSSR count). The number of esters is 2. The Balaban J connectivity index is 2.56. The zero-order valence-electron chi connectivity index (χ0n) is 37.8. The second-order valence-electron chi connectivity index (χ2n) is 15.5. The van der Waals surface area contributed by atoms with Crippen molar-refractivity contribution in [3.05, 3.63) is 97.2 Å². The average molecular weight is 907 g/mol. The molecule has 0 aromatic carbocycles. The van der Waals surface area contributed by atoms with E-state index in [0.29, 0.717) is 25.7 Å². The summed E-state index contributed by atoms with van der Waals surface area (Å²) in [5, 5.41) is 50.1. The smallest absolute Gasteiger partial charge is 0.462 e. The third kappa shape index (κ3) is 30.5. The van der Waals surface area contributed by atoms with E-state index in [1.165, 1.54) is 38.5 Å². The number of phosphoric ester groups is 1. The summed E-state index contributed by atoms with van der Waals surface area (Å²) in [6.45, 7) is 3.13. The number of hydrogen-bond donors (Lipinski definition) is 6. The van der Waals surface area contributed by atoms with Gasteiger partial charge in [-0.3, -0.25) is 18.6 Å². The molecule has 14 heteroatoms. The molecular weight excluding hydrogens is 827 g/mol. The van der Waals surface area contributed by atoms with E-state index in [1.807, 2.05) is 24.3 Å². The number of aliphatic hydroxyl groups excluding tert-OH is 5. The Morgan fingerprint density at radius 3 is 1.24 bits per heavy atom. The fourth-order valence-electron chi connectivity index (χ4n) is 6.15. The first-order valence-electron chi connectivity index (χ1n) is 23.0. The normalized spacial score (nSPS) is 22.6. The first kappa shape index (κ1) is 57.8. The standard InChI is InChI=1S/C49H79O13P/c1-3-5-7-9-11-13-15-17-19-21-23-25-27-29-31-33-35-37-42(50)59-39-41(40-60-63(57,58)62-49-47(55)45(53)44(52)46(54)48(49)56)61-43(51)38-36-34-32-30-28-26-24-22-20-18-16-14-12-10-8-6-4-2/h11-14,17-20,23-26,29-32,41,44-49,52-56H,3-10,15-16,21-22,27-28,33-40H2,1-2H3,(H,57,58)/b13-11-,14-12-,19-17-,20-18-,25-23-,26-24-,31-29-,32-30-/t41-,44?,45-,46?,47?,48?,49?/m1/s1. The van der Waals surface area contributed by atoms with E-state index in [-0.39, 0.29) is 12.8 Å². The highest BCUT2D eigenvalue weighted by molar-refractivity contribution is 7.47. The lowest BCUT2D eigenvalue weighted by Crippen LogP contribution is -2.64. The van der Waals surface area contributed by atoms with Crippen molar-refractivity contribution >= 4 is 19.8 Å². The first-order valence-corrected chi connectivity index (χ1v) is 24.5. The van der Waals surface area contributed by atoms with Gasteiger partial charge in [0.15, 0.2) is 6.10 Å². The molecule has 0 aromatic heterocycles. The summed E-state index contributed by atoms with van der Waals surface area (Å²) >= 11 is 0. The van der Waals surface area contributed by atoms with Crippen LogP contribution in [0.5, 0.6) is 0 Å². The number of rotatable bonds is 36. The number of unbranched alkanes of at least 4 members (excludes halogenated alkanes) is 8. The van der Waals surface area contributed by atoms with Crippen LogP contribution >= 0.6 is 7.82 Å². The van der Waals surface area contributed by atoms with Crippen LogP contribution in [0.3, 0.4) is 0 Å². The number of phosphoric acid groups is 1. The predicted molar refractivity (Wildman–Crippen MR) is 248 cm³/mol. The molecule has 0 heterocycles. The molecule has 6 unspecified atom stereocenters. The Hall–Kier alpha value is -3.23. The Kier molecular flexibility index (Phi) is 34.9. The zero-order valence-corrected chi connectivity index (χ0v) is 38.7. The molecule has 0 bridgehead atoms. The molecule has 13 nitrogen and oxygen atoms in total. The number of ether oxygens (including phenoxy) is 2. The summed E-state index contributed by atoms with van der Waals surface area (Å²) in [5.41, 5.74) is 0. The molecule has 0 aliphatic heterocycles. The third-order valence-corrected chi connectivity index (χ3v) is 10.9. The van der Waals surface area contributed by atoms with Crippen LogP contribution in [0.25, 0.3) is 0 Å². The Morgan fingerprint density at radius 2 is 0.841 bits per heavy atom. The highest BCUT2D eigenvalue weighted by Crippen LogP contribution is 2.47. The van der Waals surface area contributed by atoms with Gasteiger partial charge in [-0.25, -0.2) is 4.57 Å². The van der Waals surface area contributed by atoms with Gasteiger partial charge in [0.05, 0.1) is 6.61 Å². The fourth-order valence-corrected chi connectivity index (χ4v) is 7.13. The first-order chi connectivity index (χ1) is 30.4. The number of hydrogen-bond acceptors (Lipinski definition) is 12. The van der Waals surface area contributed by atoms with Crippen molar-refractivity contribution in [2.24, 2.45) is 0 Å². The minimum Gasteiger partial charge on any atom is -0.462 e. The van der Waals surface area contributed by atoms with E-state index >= 15 is 0 Å². The van der Waals surface area contributed by atoms with E-state index in [0.717, 1.165) is 51.4 Å². The van der Waals surface area contributed by atoms with Crippen LogP contribution in [0.1, 0.15) is 142 Å². The number of allylic oxidation sites excluding steroid dienone is 16. The molecule has 358 valence electrons. The van der Waals surface area contributed by atoms with Gasteiger partial charge in [0.25, 0.3) is 0 Å². The summed E-state index contributed by atoms with van der Waals surface area (Å²) in [7, 11) is -5.15. The fraction of sp³-hybridized carbons (Fsp3) is 0.633. The maximum atomic E-state index is 12.8. The SMILES string of the molecule is CCCCC/C=C\C/C=C\C/C=C\C/C=C\CCCC(=O)OC[C@H](COP(=O)(O)OC1C(O)C(O)C(O)[C@@H](O)C1O)OC(=O)CCC/C=C\C/C=C\C/C=C\C/C=C\CCCCC. The molecule has 8 atom stereocenters. The Bertz CT molecular complexity index is 1470. The summed E-state index contributed by atoms with van der Waals surface area (Å²) in [6.07, 6.45) is 37.6. The predicted octanol–water partition coefficient (Wildman–Crippen LogP) is 9.05. The van der Waals surface area contributed by atoms with E-state index in [4.69, 9.17) is 18.5 Å². The third-order valence-electron chi connectivity index (χ3n) is 9.90. The summed E-state index contributed by atoms with van der Waals surface area (Å²) < 4.78 is 33.4. The van der Waals surface area contributed by atoms with Crippen molar-refractivity contribution in [3.8, 4) is 0 Å². The second kappa shape index (κ2) is 38.1. The van der Waals surface area contributed by atoms with Crippen molar-refractivity contribution in [2.45, 2.75) is 185 Å². The monoisotopic (exact) mass is 907 g/mol. The number of aliphatic hydroxyl groups is 5. The maximum absolute atomic E-state index is 12.8. The highest BCUT2D eigenvalue weighted by atomic mass is 31.2. The molecule has 0 aromatic rings. The van der Waals surface area contributed by atoms with Crippen LogP contribution in [-0.2, 0) is 32.7 Å². The van der Waals surface area contributed by atoms with Crippen LogP contribution < -0.4 is 0 Å². The zero-order chi connectivity index (χ0) is 46.4.